The van der Waals surface area contributed by atoms with Crippen LogP contribution in [0.1, 0.15) is 13.3 Å². The molecule has 1 aliphatic rings. The first kappa shape index (κ1) is 6.09. The molecule has 1 saturated carbocycles. The maximum atomic E-state index is 12.5. The molecule has 0 aromatic heterocycles. The smallest absolute Gasteiger partial charge is 0.193 e. The van der Waals surface area contributed by atoms with E-state index in [1.165, 1.54) is 0 Å². The number of halogens is 2. The molecule has 8 heavy (non-hydrogen) atoms. The molecule has 0 amide bonds. The van der Waals surface area contributed by atoms with Gasteiger partial charge >= 0.3 is 0 Å². The van der Waals surface area contributed by atoms with E-state index in [4.69, 9.17) is 11.6 Å². The molecule has 0 aromatic carbocycles. The van der Waals surface area contributed by atoms with Crippen molar-refractivity contribution in [2.45, 2.75) is 18.5 Å². The molecule has 2 heteroatoms. The van der Waals surface area contributed by atoms with E-state index in [0.29, 0.717) is 6.42 Å². The molecule has 1 rings (SSSR count). The lowest BCUT2D eigenvalue weighted by atomic mass is 10.1. The van der Waals surface area contributed by atoms with Gasteiger partial charge in [-0.2, -0.15) is 0 Å². The monoisotopic (exact) mass is 134 g/mol. The van der Waals surface area contributed by atoms with E-state index in [2.05, 4.69) is 6.58 Å². The van der Waals surface area contributed by atoms with Crippen molar-refractivity contribution in [1.82, 2.24) is 0 Å². The van der Waals surface area contributed by atoms with Crippen LogP contribution in [0.25, 0.3) is 0 Å². The van der Waals surface area contributed by atoms with Crippen molar-refractivity contribution in [2.24, 2.45) is 5.41 Å². The predicted molar refractivity (Wildman–Crippen MR) is 32.6 cm³/mol. The molecule has 0 heterocycles. The van der Waals surface area contributed by atoms with Gasteiger partial charge in [0.05, 0.1) is 0 Å². The molecular weight excluding hydrogens is 127 g/mol. The second kappa shape index (κ2) is 1.27. The molecular formula is C6H8ClF. The topological polar surface area (TPSA) is 0 Å². The summed E-state index contributed by atoms with van der Waals surface area (Å²) in [6.45, 7) is 5.22. The summed E-state index contributed by atoms with van der Waals surface area (Å²) in [5, 5.41) is -1.49. The Balaban J connectivity index is 2.68. The van der Waals surface area contributed by atoms with Crippen molar-refractivity contribution in [3.8, 4) is 0 Å². The SMILES string of the molecule is C=CC1(C)CC1(F)Cl. The first-order chi connectivity index (χ1) is 3.52. The van der Waals surface area contributed by atoms with Gasteiger partial charge in [-0.3, -0.25) is 0 Å². The van der Waals surface area contributed by atoms with Gasteiger partial charge in [0, 0.05) is 11.8 Å². The molecule has 1 fully saturated rings. The third kappa shape index (κ3) is 0.576. The van der Waals surface area contributed by atoms with E-state index in [1.807, 2.05) is 0 Å². The summed E-state index contributed by atoms with van der Waals surface area (Å²) < 4.78 is 12.5. The van der Waals surface area contributed by atoms with E-state index in [1.54, 1.807) is 13.0 Å². The average Bonchev–Trinajstić information content (AvgIpc) is 2.10. The Labute approximate surface area is 53.3 Å². The number of hydrogen-bond donors (Lipinski definition) is 0. The molecule has 0 radical (unpaired) electrons. The molecule has 46 valence electrons. The van der Waals surface area contributed by atoms with Crippen LogP contribution >= 0.6 is 11.6 Å². The summed E-state index contributed by atoms with van der Waals surface area (Å²) >= 11 is 5.31. The summed E-state index contributed by atoms with van der Waals surface area (Å²) in [5.41, 5.74) is -0.450. The van der Waals surface area contributed by atoms with E-state index in [-0.39, 0.29) is 0 Å². The molecule has 0 bridgehead atoms. The van der Waals surface area contributed by atoms with Gasteiger partial charge in [0.25, 0.3) is 0 Å². The molecule has 0 spiro atoms. The number of rotatable bonds is 1. The van der Waals surface area contributed by atoms with E-state index in [0.717, 1.165) is 0 Å². The highest BCUT2D eigenvalue weighted by molar-refractivity contribution is 6.25. The fourth-order valence-electron chi connectivity index (χ4n) is 0.639. The highest BCUT2D eigenvalue weighted by Gasteiger charge is 2.63. The maximum absolute atomic E-state index is 12.5. The molecule has 0 N–H and O–H groups in total. The summed E-state index contributed by atoms with van der Waals surface area (Å²) in [7, 11) is 0. The molecule has 1 aliphatic carbocycles. The lowest BCUT2D eigenvalue weighted by Crippen LogP contribution is -1.99. The van der Waals surface area contributed by atoms with Gasteiger partial charge in [-0.25, -0.2) is 4.39 Å². The Morgan fingerprint density at radius 2 is 2.25 bits per heavy atom. The Morgan fingerprint density at radius 1 is 1.88 bits per heavy atom. The Kier molecular flexibility index (Phi) is 0.965. The second-order valence-corrected chi connectivity index (χ2v) is 3.10. The van der Waals surface area contributed by atoms with Gasteiger partial charge < -0.3 is 0 Å². The lowest BCUT2D eigenvalue weighted by molar-refractivity contribution is 0.370. The third-order valence-corrected chi connectivity index (χ3v) is 2.32. The van der Waals surface area contributed by atoms with E-state index < -0.39 is 10.5 Å². The van der Waals surface area contributed by atoms with Gasteiger partial charge in [0.1, 0.15) is 0 Å². The zero-order valence-electron chi connectivity index (χ0n) is 4.75. The third-order valence-electron chi connectivity index (χ3n) is 1.75. The first-order valence-electron chi connectivity index (χ1n) is 2.53. The standard InChI is InChI=1S/C6H8ClF/c1-3-5(2)4-6(5,7)8/h3H,1,4H2,2H3. The molecule has 0 saturated heterocycles. The molecule has 2 unspecified atom stereocenters. The summed E-state index contributed by atoms with van der Waals surface area (Å²) in [6.07, 6.45) is 1.98. The zero-order chi connectivity index (χ0) is 6.41. The van der Waals surface area contributed by atoms with Crippen molar-refractivity contribution in [3.63, 3.8) is 0 Å². The summed E-state index contributed by atoms with van der Waals surface area (Å²) in [5.74, 6) is 0. The molecule has 2 atom stereocenters. The largest absolute Gasteiger partial charge is 0.225 e. The minimum atomic E-state index is -1.49. The van der Waals surface area contributed by atoms with Crippen LogP contribution in [0.2, 0.25) is 0 Å². The summed E-state index contributed by atoms with van der Waals surface area (Å²) in [6, 6.07) is 0. The van der Waals surface area contributed by atoms with Crippen molar-refractivity contribution < 1.29 is 4.39 Å². The van der Waals surface area contributed by atoms with E-state index in [9.17, 15) is 4.39 Å². The van der Waals surface area contributed by atoms with Crippen LogP contribution in [0.15, 0.2) is 12.7 Å². The van der Waals surface area contributed by atoms with Crippen molar-refractivity contribution in [2.75, 3.05) is 0 Å². The Morgan fingerprint density at radius 3 is 2.25 bits per heavy atom. The fraction of sp³-hybridized carbons (Fsp3) is 0.667. The van der Waals surface area contributed by atoms with E-state index >= 15 is 0 Å². The fourth-order valence-corrected chi connectivity index (χ4v) is 0.993. The van der Waals surface area contributed by atoms with Crippen molar-refractivity contribution >= 4 is 11.6 Å². The van der Waals surface area contributed by atoms with Gasteiger partial charge in [-0.15, -0.1) is 6.58 Å². The van der Waals surface area contributed by atoms with Crippen LogP contribution in [-0.4, -0.2) is 5.13 Å². The van der Waals surface area contributed by atoms with Crippen LogP contribution in [-0.2, 0) is 0 Å². The quantitative estimate of drug-likeness (QED) is 0.382. The minimum Gasteiger partial charge on any atom is -0.225 e. The van der Waals surface area contributed by atoms with Gasteiger partial charge in [0.15, 0.2) is 5.13 Å². The summed E-state index contributed by atoms with van der Waals surface area (Å²) in [4.78, 5) is 0. The van der Waals surface area contributed by atoms with Crippen LogP contribution in [0, 0.1) is 5.41 Å². The molecule has 0 aromatic rings. The van der Waals surface area contributed by atoms with Gasteiger partial charge in [-0.05, 0) is 0 Å². The first-order valence-corrected chi connectivity index (χ1v) is 2.91. The van der Waals surface area contributed by atoms with Crippen LogP contribution < -0.4 is 0 Å². The highest BCUT2D eigenvalue weighted by Crippen LogP contribution is 2.62. The molecule has 0 nitrogen and oxygen atoms in total. The highest BCUT2D eigenvalue weighted by atomic mass is 35.5. The number of hydrogen-bond acceptors (Lipinski definition) is 0. The Bertz CT molecular complexity index is 130. The van der Waals surface area contributed by atoms with Crippen molar-refractivity contribution in [3.05, 3.63) is 12.7 Å². The van der Waals surface area contributed by atoms with Gasteiger partial charge in [-0.1, -0.05) is 24.6 Å². The lowest BCUT2D eigenvalue weighted by Gasteiger charge is -2.00. The van der Waals surface area contributed by atoms with Crippen molar-refractivity contribution in [1.29, 1.82) is 0 Å². The molecule has 0 aliphatic heterocycles. The average molecular weight is 135 g/mol. The van der Waals surface area contributed by atoms with Crippen LogP contribution in [0.5, 0.6) is 0 Å². The minimum absolute atomic E-state index is 0.408. The number of alkyl halides is 2. The normalized spacial score (nSPS) is 53.4. The van der Waals surface area contributed by atoms with Crippen LogP contribution in [0.3, 0.4) is 0 Å². The predicted octanol–water partition coefficient (Wildman–Crippen LogP) is 2.49. The second-order valence-electron chi connectivity index (χ2n) is 2.50. The zero-order valence-corrected chi connectivity index (χ0v) is 5.50. The van der Waals surface area contributed by atoms with Crippen LogP contribution in [0.4, 0.5) is 4.39 Å². The van der Waals surface area contributed by atoms with Gasteiger partial charge in [0.2, 0.25) is 0 Å². The Hall–Kier alpha value is -0.0400. The number of allylic oxidation sites excluding steroid dienone is 1. The maximum Gasteiger partial charge on any atom is 0.193 e.